The number of anilines is 2. The summed E-state index contributed by atoms with van der Waals surface area (Å²) in [5.74, 6) is 0.659. The Balaban J connectivity index is 1.63. The highest BCUT2D eigenvalue weighted by atomic mass is 16.4. The zero-order valence-corrected chi connectivity index (χ0v) is 16.0. The van der Waals surface area contributed by atoms with Gasteiger partial charge in [0.25, 0.3) is 0 Å². The first-order valence-corrected chi connectivity index (χ1v) is 9.76. The van der Waals surface area contributed by atoms with Crippen LogP contribution >= 0.6 is 0 Å². The number of furan rings is 1. The first-order chi connectivity index (χ1) is 14.2. The van der Waals surface area contributed by atoms with E-state index in [9.17, 15) is 10.5 Å². The SMILES string of the molecule is N#C/C(=C/c1ccc(N2CCCCC2)o1)C1=NN(c2ccccc2)[C@@H](N)[C@H]1C#N. The molecule has 0 saturated carbocycles. The molecule has 0 bridgehead atoms. The fourth-order valence-electron chi connectivity index (χ4n) is 3.73. The fourth-order valence-corrected chi connectivity index (χ4v) is 3.73. The standard InChI is InChI=1S/C22H22N6O/c23-14-16(13-18-9-10-20(29-18)27-11-5-2-6-12-27)21-19(15-24)22(25)28(26-21)17-7-3-1-4-8-17/h1,3-4,7-10,13,19,22H,2,5-6,11-12,25H2/b16-13-/t19-,22+/m0/s1. The van der Waals surface area contributed by atoms with Crippen molar-refractivity contribution in [2.45, 2.75) is 25.4 Å². The number of hydrogen-bond donors (Lipinski definition) is 1. The molecule has 2 aliphatic heterocycles. The third-order valence-corrected chi connectivity index (χ3v) is 5.26. The van der Waals surface area contributed by atoms with Crippen molar-refractivity contribution < 1.29 is 4.42 Å². The third kappa shape index (κ3) is 3.73. The molecule has 1 aromatic heterocycles. The lowest BCUT2D eigenvalue weighted by molar-refractivity contribution is 0.496. The lowest BCUT2D eigenvalue weighted by Gasteiger charge is -2.25. The average Bonchev–Trinajstić information content (AvgIpc) is 3.37. The van der Waals surface area contributed by atoms with E-state index in [0.717, 1.165) is 37.5 Å². The molecule has 2 atom stereocenters. The number of nitrogens with two attached hydrogens (primary N) is 1. The van der Waals surface area contributed by atoms with Crippen LogP contribution in [0.5, 0.6) is 0 Å². The van der Waals surface area contributed by atoms with Gasteiger partial charge in [0.2, 0.25) is 0 Å². The summed E-state index contributed by atoms with van der Waals surface area (Å²) in [7, 11) is 0. The summed E-state index contributed by atoms with van der Waals surface area (Å²) in [6.45, 7) is 1.96. The molecular weight excluding hydrogens is 364 g/mol. The predicted molar refractivity (Wildman–Crippen MR) is 112 cm³/mol. The maximum absolute atomic E-state index is 9.74. The van der Waals surface area contributed by atoms with Crippen LogP contribution in [0.25, 0.3) is 6.08 Å². The third-order valence-electron chi connectivity index (χ3n) is 5.26. The van der Waals surface area contributed by atoms with Gasteiger partial charge in [0.05, 0.1) is 23.0 Å². The molecule has 7 heteroatoms. The van der Waals surface area contributed by atoms with Gasteiger partial charge in [0.15, 0.2) is 5.88 Å². The van der Waals surface area contributed by atoms with E-state index in [-0.39, 0.29) is 5.57 Å². The van der Waals surface area contributed by atoms with Gasteiger partial charge in [0.1, 0.15) is 23.9 Å². The first-order valence-electron chi connectivity index (χ1n) is 9.76. The smallest absolute Gasteiger partial charge is 0.196 e. The van der Waals surface area contributed by atoms with Crippen LogP contribution in [0.3, 0.4) is 0 Å². The summed E-state index contributed by atoms with van der Waals surface area (Å²) in [6.07, 6.45) is 4.54. The van der Waals surface area contributed by atoms with Crippen molar-refractivity contribution in [1.29, 1.82) is 10.5 Å². The van der Waals surface area contributed by atoms with Crippen LogP contribution in [-0.2, 0) is 0 Å². The first kappa shape index (κ1) is 18.8. The minimum atomic E-state index is -0.711. The van der Waals surface area contributed by atoms with E-state index in [1.54, 1.807) is 11.1 Å². The van der Waals surface area contributed by atoms with Crippen LogP contribution in [0.1, 0.15) is 25.0 Å². The fraction of sp³-hybridized carbons (Fsp3) is 0.318. The van der Waals surface area contributed by atoms with Crippen molar-refractivity contribution in [2.75, 3.05) is 23.0 Å². The number of rotatable bonds is 4. The molecule has 0 spiro atoms. The highest BCUT2D eigenvalue weighted by Crippen LogP contribution is 2.29. The summed E-state index contributed by atoms with van der Waals surface area (Å²) >= 11 is 0. The maximum atomic E-state index is 9.74. The van der Waals surface area contributed by atoms with Crippen molar-refractivity contribution in [3.05, 3.63) is 53.8 Å². The lowest BCUT2D eigenvalue weighted by atomic mass is 9.96. The second-order valence-corrected chi connectivity index (χ2v) is 7.16. The van der Waals surface area contributed by atoms with E-state index >= 15 is 0 Å². The summed E-state index contributed by atoms with van der Waals surface area (Å²) in [5.41, 5.74) is 7.69. The van der Waals surface area contributed by atoms with Gasteiger partial charge in [-0.15, -0.1) is 0 Å². The molecule has 7 nitrogen and oxygen atoms in total. The number of hydrazone groups is 1. The van der Waals surface area contributed by atoms with E-state index in [1.807, 2.05) is 42.5 Å². The Labute approximate surface area is 169 Å². The topological polar surface area (TPSA) is 106 Å². The highest BCUT2D eigenvalue weighted by Gasteiger charge is 2.37. The molecule has 0 unspecified atom stereocenters. The number of benzene rings is 1. The number of allylic oxidation sites excluding steroid dienone is 1. The zero-order chi connectivity index (χ0) is 20.2. The second-order valence-electron chi connectivity index (χ2n) is 7.16. The van der Waals surface area contributed by atoms with Crippen molar-refractivity contribution in [3.63, 3.8) is 0 Å². The molecular formula is C22H22N6O. The summed E-state index contributed by atoms with van der Waals surface area (Å²) in [4.78, 5) is 2.21. The highest BCUT2D eigenvalue weighted by molar-refractivity contribution is 6.11. The summed E-state index contributed by atoms with van der Waals surface area (Å²) < 4.78 is 5.94. The minimum absolute atomic E-state index is 0.282. The van der Waals surface area contributed by atoms with E-state index in [0.29, 0.717) is 11.5 Å². The molecule has 4 rings (SSSR count). The van der Waals surface area contributed by atoms with Gasteiger partial charge in [0, 0.05) is 25.2 Å². The van der Waals surface area contributed by atoms with Crippen molar-refractivity contribution in [3.8, 4) is 12.1 Å². The van der Waals surface area contributed by atoms with Crippen molar-refractivity contribution in [2.24, 2.45) is 16.8 Å². The Morgan fingerprint density at radius 2 is 1.86 bits per heavy atom. The normalized spacial score (nSPS) is 22.2. The Kier molecular flexibility index (Phi) is 5.33. The number of para-hydroxylation sites is 1. The molecule has 1 aromatic carbocycles. The number of hydrogen-bond acceptors (Lipinski definition) is 7. The zero-order valence-electron chi connectivity index (χ0n) is 16.0. The van der Waals surface area contributed by atoms with Gasteiger partial charge in [-0.25, -0.2) is 5.01 Å². The summed E-state index contributed by atoms with van der Waals surface area (Å²) in [6, 6.07) is 17.5. The molecule has 0 aliphatic carbocycles. The molecule has 1 fully saturated rings. The van der Waals surface area contributed by atoms with Gasteiger partial charge in [-0.3, -0.25) is 0 Å². The lowest BCUT2D eigenvalue weighted by Crippen LogP contribution is -2.40. The molecule has 146 valence electrons. The molecule has 2 N–H and O–H groups in total. The molecule has 29 heavy (non-hydrogen) atoms. The van der Waals surface area contributed by atoms with Crippen molar-refractivity contribution >= 4 is 23.4 Å². The molecule has 3 heterocycles. The molecule has 1 saturated heterocycles. The Morgan fingerprint density at radius 1 is 1.10 bits per heavy atom. The Hall–Kier alpha value is -3.55. The quantitative estimate of drug-likeness (QED) is 0.807. The van der Waals surface area contributed by atoms with Crippen molar-refractivity contribution in [1.82, 2.24) is 0 Å². The number of nitrogens with zero attached hydrogens (tertiary/aromatic N) is 5. The predicted octanol–water partition coefficient (Wildman–Crippen LogP) is 3.48. The van der Waals surface area contributed by atoms with Crippen LogP contribution in [-0.4, -0.2) is 25.0 Å². The largest absolute Gasteiger partial charge is 0.441 e. The van der Waals surface area contributed by atoms with E-state index < -0.39 is 12.1 Å². The summed E-state index contributed by atoms with van der Waals surface area (Å²) in [5, 5.41) is 25.5. The van der Waals surface area contributed by atoms with Gasteiger partial charge in [-0.1, -0.05) is 18.2 Å². The van der Waals surface area contributed by atoms with Crippen LogP contribution in [0.2, 0.25) is 0 Å². The molecule has 0 radical (unpaired) electrons. The number of nitriles is 2. The van der Waals surface area contributed by atoms with Crippen LogP contribution < -0.4 is 15.6 Å². The van der Waals surface area contributed by atoms with Crippen LogP contribution in [0.4, 0.5) is 11.6 Å². The van der Waals surface area contributed by atoms with E-state index in [4.69, 9.17) is 10.2 Å². The Morgan fingerprint density at radius 3 is 2.55 bits per heavy atom. The minimum Gasteiger partial charge on any atom is -0.441 e. The molecule has 2 aliphatic rings. The van der Waals surface area contributed by atoms with Crippen LogP contribution in [0, 0.1) is 28.6 Å². The van der Waals surface area contributed by atoms with Gasteiger partial charge in [-0.05, 0) is 37.5 Å². The average molecular weight is 386 g/mol. The molecule has 2 aromatic rings. The number of piperidine rings is 1. The van der Waals surface area contributed by atoms with E-state index in [2.05, 4.69) is 22.1 Å². The maximum Gasteiger partial charge on any atom is 0.196 e. The monoisotopic (exact) mass is 386 g/mol. The van der Waals surface area contributed by atoms with Crippen LogP contribution in [0.15, 0.2) is 57.6 Å². The van der Waals surface area contributed by atoms with Gasteiger partial charge < -0.3 is 15.1 Å². The Bertz CT molecular complexity index is 1000. The van der Waals surface area contributed by atoms with E-state index in [1.165, 1.54) is 6.42 Å². The van der Waals surface area contributed by atoms with Gasteiger partial charge >= 0.3 is 0 Å². The molecule has 0 amide bonds. The van der Waals surface area contributed by atoms with Gasteiger partial charge in [-0.2, -0.15) is 15.6 Å². The second kappa shape index (κ2) is 8.22.